The molecule has 4 atom stereocenters. The second-order valence-electron chi connectivity index (χ2n) is 13.6. The quantitative estimate of drug-likeness (QED) is 0.170. The first-order valence-electron chi connectivity index (χ1n) is 16.7. The van der Waals surface area contributed by atoms with Crippen molar-refractivity contribution < 1.29 is 9.59 Å². The van der Waals surface area contributed by atoms with E-state index >= 15 is 0 Å². The molecule has 2 aromatic heterocycles. The zero-order valence-electron chi connectivity index (χ0n) is 28.9. The normalized spacial score (nSPS) is 20.7. The Hall–Kier alpha value is -5.50. The molecule has 0 bridgehead atoms. The summed E-state index contributed by atoms with van der Waals surface area (Å²) in [7, 11) is 0. The van der Waals surface area contributed by atoms with Crippen LogP contribution < -0.4 is 10.6 Å². The minimum absolute atomic E-state index is 0.126. The Kier molecular flexibility index (Phi) is 10.3. The van der Waals surface area contributed by atoms with E-state index in [0.717, 1.165) is 33.4 Å². The first-order valence-corrected chi connectivity index (χ1v) is 19.3. The highest BCUT2D eigenvalue weighted by Crippen LogP contribution is 2.53. The summed E-state index contributed by atoms with van der Waals surface area (Å²) in [5.41, 5.74) is 8.84. The summed E-state index contributed by atoms with van der Waals surface area (Å²) in [6.45, 7) is 3.89. The molecule has 2 amide bonds. The van der Waals surface area contributed by atoms with Crippen LogP contribution in [0.25, 0.3) is 0 Å². The summed E-state index contributed by atoms with van der Waals surface area (Å²) in [5, 5.41) is 42.0. The van der Waals surface area contributed by atoms with Gasteiger partial charge in [0, 0.05) is 21.9 Å². The van der Waals surface area contributed by atoms with Gasteiger partial charge in [0.15, 0.2) is 0 Å². The van der Waals surface area contributed by atoms with Gasteiger partial charge < -0.3 is 10.6 Å². The second-order valence-corrected chi connectivity index (χ2v) is 16.2. The van der Waals surface area contributed by atoms with E-state index < -0.39 is 10.8 Å². The maximum absolute atomic E-state index is 13.3. The monoisotopic (exact) mass is 788 g/mol. The summed E-state index contributed by atoms with van der Waals surface area (Å²) < 4.78 is 0. The minimum atomic E-state index is -0.743. The highest BCUT2D eigenvalue weighted by molar-refractivity contribution is 7.13. The molecular weight excluding hydrogens is 760 g/mol. The van der Waals surface area contributed by atoms with Crippen molar-refractivity contribution >= 4 is 68.0 Å². The molecule has 10 nitrogen and oxygen atoms in total. The fraction of sp³-hybridized carbons (Fsp3) is 0.200. The number of anilines is 2. The summed E-state index contributed by atoms with van der Waals surface area (Å²) >= 11 is 15.0. The van der Waals surface area contributed by atoms with Crippen LogP contribution >= 0.6 is 45.9 Å². The van der Waals surface area contributed by atoms with E-state index in [2.05, 4.69) is 43.2 Å². The number of carbonyl (C=O) groups is 2. The van der Waals surface area contributed by atoms with Crippen LogP contribution in [-0.2, 0) is 22.4 Å². The molecule has 0 saturated heterocycles. The number of hydrogen-bond donors (Lipinski definition) is 2. The molecule has 54 heavy (non-hydrogen) atoms. The molecule has 4 aromatic carbocycles. The maximum atomic E-state index is 13.3. The lowest BCUT2D eigenvalue weighted by atomic mass is 9.73. The van der Waals surface area contributed by atoms with Crippen LogP contribution in [0.3, 0.4) is 0 Å². The summed E-state index contributed by atoms with van der Waals surface area (Å²) in [6.07, 6.45) is 1.13. The van der Waals surface area contributed by atoms with Crippen molar-refractivity contribution in [3.05, 3.63) is 151 Å². The third-order valence-electron chi connectivity index (χ3n) is 10.1. The van der Waals surface area contributed by atoms with Crippen molar-refractivity contribution in [3.63, 3.8) is 0 Å². The number of nitriles is 2. The van der Waals surface area contributed by atoms with Crippen LogP contribution in [0, 0.1) is 33.5 Å². The summed E-state index contributed by atoms with van der Waals surface area (Å²) in [6, 6.07) is 30.7. The van der Waals surface area contributed by atoms with Crippen molar-refractivity contribution in [1.29, 1.82) is 10.5 Å². The van der Waals surface area contributed by atoms with Crippen LogP contribution in [0.5, 0.6) is 0 Å². The number of hydrogen-bond acceptors (Lipinski definition) is 10. The highest BCUT2D eigenvalue weighted by atomic mass is 35.5. The number of aromatic nitrogens is 4. The van der Waals surface area contributed by atoms with Gasteiger partial charge >= 0.3 is 0 Å². The molecule has 0 saturated carbocycles. The first-order chi connectivity index (χ1) is 26.0. The number of benzene rings is 4. The molecule has 0 aliphatic heterocycles. The molecule has 6 aromatic rings. The first kappa shape index (κ1) is 36.8. The Morgan fingerprint density at radius 2 is 1.11 bits per heavy atom. The lowest BCUT2D eigenvalue weighted by molar-refractivity contribution is -0.125. The van der Waals surface area contributed by atoms with Crippen LogP contribution in [0.2, 0.25) is 10.0 Å². The maximum Gasteiger partial charge on any atom is 0.233 e. The molecule has 0 fully saturated rings. The minimum Gasteiger partial charge on any atom is -0.300 e. The van der Waals surface area contributed by atoms with Gasteiger partial charge in [-0.1, -0.05) is 82.3 Å². The van der Waals surface area contributed by atoms with E-state index in [1.807, 2.05) is 86.6 Å². The fourth-order valence-electron chi connectivity index (χ4n) is 7.69. The predicted octanol–water partition coefficient (Wildman–Crippen LogP) is 8.79. The van der Waals surface area contributed by atoms with Crippen molar-refractivity contribution in [2.75, 3.05) is 10.6 Å². The van der Waals surface area contributed by atoms with Gasteiger partial charge in [-0.25, -0.2) is 0 Å². The van der Waals surface area contributed by atoms with Gasteiger partial charge in [0.1, 0.15) is 11.0 Å². The molecule has 2 N–H and O–H groups in total. The van der Waals surface area contributed by atoms with Crippen molar-refractivity contribution in [3.8, 4) is 12.1 Å². The van der Waals surface area contributed by atoms with E-state index in [4.69, 9.17) is 23.2 Å². The number of fused-ring (bicyclic) bond motifs is 2. The van der Waals surface area contributed by atoms with E-state index in [-0.39, 0.29) is 23.7 Å². The molecule has 1 unspecified atom stereocenters. The largest absolute Gasteiger partial charge is 0.300 e. The SMILES string of the molecule is C[C@@]1(C(=O)Nc2nncs2)Cc2ccc(C#N)cc2[C@@H]1c1cccc(Cl)c1.C[C@]1(C(=O)Nc2nncs2)Cc2ccc(C#N)cc2C1c1cccc(Cl)c1. The van der Waals surface area contributed by atoms with Crippen molar-refractivity contribution in [2.45, 2.75) is 38.5 Å². The molecule has 2 aliphatic carbocycles. The molecule has 268 valence electrons. The molecule has 2 aliphatic rings. The van der Waals surface area contributed by atoms with Gasteiger partial charge in [-0.05, 0) is 109 Å². The summed E-state index contributed by atoms with van der Waals surface area (Å²) in [4.78, 5) is 26.5. The standard InChI is InChI=1S/2C20H15ClN4OS/c2*1-20(18(26)24-19-25-23-11-27-19)9-14-6-5-12(10-22)7-16(14)17(20)13-3-2-4-15(21)8-13/h2*2-8,11,17H,9H2,1H3,(H,24,25,26)/t17?,20-;17-,20+/m00/s1. The molecule has 14 heteroatoms. The zero-order valence-corrected chi connectivity index (χ0v) is 32.0. The van der Waals surface area contributed by atoms with Gasteiger partial charge in [0.2, 0.25) is 22.1 Å². The Balaban J connectivity index is 0.000000167. The molecule has 2 heterocycles. The lowest BCUT2D eigenvalue weighted by Crippen LogP contribution is -2.37. The summed E-state index contributed by atoms with van der Waals surface area (Å²) in [5.74, 6) is -0.683. The third kappa shape index (κ3) is 7.09. The Morgan fingerprint density at radius 1 is 0.685 bits per heavy atom. The van der Waals surface area contributed by atoms with Gasteiger partial charge in [-0.15, -0.1) is 20.4 Å². The Bertz CT molecular complexity index is 2290. The molecule has 8 rings (SSSR count). The Labute approximate surface area is 329 Å². The molecular formula is C40H30Cl2N8O2S2. The van der Waals surface area contributed by atoms with E-state index in [1.165, 1.54) is 22.7 Å². The van der Waals surface area contributed by atoms with Gasteiger partial charge in [-0.2, -0.15) is 10.5 Å². The van der Waals surface area contributed by atoms with Gasteiger partial charge in [0.25, 0.3) is 0 Å². The molecule has 0 spiro atoms. The zero-order chi connectivity index (χ0) is 38.0. The number of nitrogens with one attached hydrogen (secondary N) is 2. The topological polar surface area (TPSA) is 157 Å². The number of nitrogens with zero attached hydrogens (tertiary/aromatic N) is 6. The highest BCUT2D eigenvalue weighted by Gasteiger charge is 2.50. The number of rotatable bonds is 6. The predicted molar refractivity (Wildman–Crippen MR) is 210 cm³/mol. The van der Waals surface area contributed by atoms with Gasteiger partial charge in [-0.3, -0.25) is 9.59 Å². The number of halogens is 2. The van der Waals surface area contributed by atoms with E-state index in [1.54, 1.807) is 23.2 Å². The lowest BCUT2D eigenvalue weighted by Gasteiger charge is -2.31. The van der Waals surface area contributed by atoms with E-state index in [9.17, 15) is 20.1 Å². The Morgan fingerprint density at radius 3 is 1.46 bits per heavy atom. The van der Waals surface area contributed by atoms with Crippen molar-refractivity contribution in [1.82, 2.24) is 20.4 Å². The number of carbonyl (C=O) groups excluding carboxylic acids is 2. The average molecular weight is 790 g/mol. The number of amides is 2. The van der Waals surface area contributed by atoms with Crippen LogP contribution in [-0.4, -0.2) is 32.2 Å². The van der Waals surface area contributed by atoms with Crippen LogP contribution in [0.1, 0.15) is 70.2 Å². The average Bonchev–Trinajstić information content (AvgIpc) is 3.97. The third-order valence-corrected chi connectivity index (χ3v) is 11.8. The van der Waals surface area contributed by atoms with E-state index in [0.29, 0.717) is 44.3 Å². The van der Waals surface area contributed by atoms with Crippen LogP contribution in [0.15, 0.2) is 96.0 Å². The second kappa shape index (κ2) is 15.1. The van der Waals surface area contributed by atoms with Crippen LogP contribution in [0.4, 0.5) is 10.3 Å². The molecule has 0 radical (unpaired) electrons. The fourth-order valence-corrected chi connectivity index (χ4v) is 8.97. The van der Waals surface area contributed by atoms with Crippen molar-refractivity contribution in [2.24, 2.45) is 10.8 Å². The van der Waals surface area contributed by atoms with Gasteiger partial charge in [0.05, 0.1) is 34.1 Å². The smallest absolute Gasteiger partial charge is 0.233 e.